The number of morpholine rings is 1. The van der Waals surface area contributed by atoms with Crippen LogP contribution >= 0.6 is 11.3 Å². The maximum atomic E-state index is 12.7. The Balaban J connectivity index is 1.52. The predicted octanol–water partition coefficient (Wildman–Crippen LogP) is 2.55. The molecule has 3 rings (SSSR count). The second-order valence-electron chi connectivity index (χ2n) is 6.75. The molecule has 1 saturated heterocycles. The summed E-state index contributed by atoms with van der Waals surface area (Å²) in [6.45, 7) is 1.99. The van der Waals surface area contributed by atoms with Gasteiger partial charge in [0.05, 0.1) is 19.0 Å². The molecule has 1 aromatic heterocycles. The Morgan fingerprint density at radius 2 is 1.86 bits per heavy atom. The van der Waals surface area contributed by atoms with Gasteiger partial charge in [-0.2, -0.15) is 4.31 Å². The molecule has 0 atom stereocenters. The third kappa shape index (κ3) is 6.13. The topological polar surface area (TPSA) is 75.7 Å². The molecule has 1 aromatic carbocycles. The number of carbonyl (C=O) groups excluding carboxylic acids is 1. The molecule has 2 heterocycles. The van der Waals surface area contributed by atoms with Crippen LogP contribution in [0.5, 0.6) is 0 Å². The van der Waals surface area contributed by atoms with Crippen molar-refractivity contribution in [2.75, 3.05) is 26.3 Å². The van der Waals surface area contributed by atoms with Gasteiger partial charge in [-0.15, -0.1) is 11.3 Å². The number of nitrogens with zero attached hydrogens (tertiary/aromatic N) is 1. The first kappa shape index (κ1) is 21.0. The van der Waals surface area contributed by atoms with Crippen molar-refractivity contribution in [2.24, 2.45) is 0 Å². The van der Waals surface area contributed by atoms with E-state index in [0.29, 0.717) is 39.3 Å². The summed E-state index contributed by atoms with van der Waals surface area (Å²) in [7, 11) is -3.39. The molecule has 8 heteroatoms. The van der Waals surface area contributed by atoms with E-state index in [1.807, 2.05) is 35.7 Å². The SMILES string of the molecule is O=C(CCCc1cccs1)NCc1ccccc1CS(=O)(=O)N1CCOCC1. The molecule has 6 nitrogen and oxygen atoms in total. The van der Waals surface area contributed by atoms with Crippen LogP contribution in [-0.2, 0) is 38.3 Å². The number of hydrogen-bond donors (Lipinski definition) is 1. The summed E-state index contributed by atoms with van der Waals surface area (Å²) < 4.78 is 32.1. The molecule has 0 aliphatic carbocycles. The first-order chi connectivity index (χ1) is 13.5. The number of rotatable bonds is 9. The zero-order valence-corrected chi connectivity index (χ0v) is 17.4. The molecule has 2 aromatic rings. The first-order valence-electron chi connectivity index (χ1n) is 9.46. The second kappa shape index (κ2) is 10.2. The largest absolute Gasteiger partial charge is 0.379 e. The van der Waals surface area contributed by atoms with Gasteiger partial charge in [0.15, 0.2) is 0 Å². The number of aryl methyl sites for hydroxylation is 1. The number of hydrogen-bond acceptors (Lipinski definition) is 5. The summed E-state index contributed by atoms with van der Waals surface area (Å²) >= 11 is 1.70. The Bertz CT molecular complexity index is 860. The van der Waals surface area contributed by atoms with E-state index in [4.69, 9.17) is 4.74 Å². The van der Waals surface area contributed by atoms with Crippen molar-refractivity contribution in [1.29, 1.82) is 0 Å². The van der Waals surface area contributed by atoms with E-state index in [9.17, 15) is 13.2 Å². The number of thiophene rings is 1. The molecule has 0 saturated carbocycles. The van der Waals surface area contributed by atoms with Crippen LogP contribution in [0.4, 0.5) is 0 Å². The lowest BCUT2D eigenvalue weighted by Gasteiger charge is -2.26. The van der Waals surface area contributed by atoms with Gasteiger partial charge in [0.1, 0.15) is 0 Å². The van der Waals surface area contributed by atoms with Gasteiger partial charge in [0.25, 0.3) is 0 Å². The molecule has 0 bridgehead atoms. The highest BCUT2D eigenvalue weighted by molar-refractivity contribution is 7.88. The van der Waals surface area contributed by atoms with E-state index in [1.54, 1.807) is 11.3 Å². The van der Waals surface area contributed by atoms with E-state index in [2.05, 4.69) is 11.4 Å². The van der Waals surface area contributed by atoms with Gasteiger partial charge < -0.3 is 10.1 Å². The number of nitrogens with one attached hydrogen (secondary N) is 1. The van der Waals surface area contributed by atoms with Crippen molar-refractivity contribution < 1.29 is 17.9 Å². The first-order valence-corrected chi connectivity index (χ1v) is 11.9. The molecule has 1 fully saturated rings. The highest BCUT2D eigenvalue weighted by atomic mass is 32.2. The zero-order valence-electron chi connectivity index (χ0n) is 15.8. The van der Waals surface area contributed by atoms with Gasteiger partial charge in [-0.1, -0.05) is 30.3 Å². The number of benzene rings is 1. The van der Waals surface area contributed by atoms with E-state index in [1.165, 1.54) is 9.18 Å². The molecule has 28 heavy (non-hydrogen) atoms. The van der Waals surface area contributed by atoms with Crippen molar-refractivity contribution in [3.8, 4) is 0 Å². The highest BCUT2D eigenvalue weighted by Crippen LogP contribution is 2.17. The monoisotopic (exact) mass is 422 g/mol. The standard InChI is InChI=1S/C20H26N2O4S2/c23-20(9-3-7-19-8-4-14-27-19)21-15-17-5-1-2-6-18(17)16-28(24,25)22-10-12-26-13-11-22/h1-2,4-6,8,14H,3,7,9-13,15-16H2,(H,21,23). The molecular weight excluding hydrogens is 396 g/mol. The Hall–Kier alpha value is -1.74. The molecule has 1 N–H and O–H groups in total. The second-order valence-corrected chi connectivity index (χ2v) is 9.75. The van der Waals surface area contributed by atoms with Crippen molar-refractivity contribution >= 4 is 27.3 Å². The van der Waals surface area contributed by atoms with Crippen LogP contribution in [0.15, 0.2) is 41.8 Å². The lowest BCUT2D eigenvalue weighted by atomic mass is 10.1. The maximum Gasteiger partial charge on any atom is 0.220 e. The van der Waals surface area contributed by atoms with Gasteiger partial charge in [0, 0.05) is 30.9 Å². The average molecular weight is 423 g/mol. The molecule has 0 unspecified atom stereocenters. The van der Waals surface area contributed by atoms with Crippen LogP contribution in [0, 0.1) is 0 Å². The minimum absolute atomic E-state index is 0.0117. The molecule has 1 aliphatic heterocycles. The minimum Gasteiger partial charge on any atom is -0.379 e. The Kier molecular flexibility index (Phi) is 7.61. The number of carbonyl (C=O) groups is 1. The summed E-state index contributed by atoms with van der Waals surface area (Å²) in [6, 6.07) is 11.5. The van der Waals surface area contributed by atoms with Crippen molar-refractivity contribution in [3.05, 3.63) is 57.8 Å². The van der Waals surface area contributed by atoms with Gasteiger partial charge in [-0.05, 0) is 35.4 Å². The third-order valence-electron chi connectivity index (χ3n) is 4.70. The highest BCUT2D eigenvalue weighted by Gasteiger charge is 2.25. The molecule has 1 amide bonds. The minimum atomic E-state index is -3.39. The van der Waals surface area contributed by atoms with E-state index in [0.717, 1.165) is 24.0 Å². The average Bonchev–Trinajstić information content (AvgIpc) is 3.21. The van der Waals surface area contributed by atoms with Crippen LogP contribution in [0.3, 0.4) is 0 Å². The number of amides is 1. The fourth-order valence-electron chi connectivity index (χ4n) is 3.14. The van der Waals surface area contributed by atoms with E-state index < -0.39 is 10.0 Å². The van der Waals surface area contributed by atoms with Crippen LogP contribution in [-0.4, -0.2) is 44.9 Å². The number of ether oxygens (including phenoxy) is 1. The van der Waals surface area contributed by atoms with Crippen molar-refractivity contribution in [3.63, 3.8) is 0 Å². The van der Waals surface area contributed by atoms with Crippen LogP contribution in [0.25, 0.3) is 0 Å². The van der Waals surface area contributed by atoms with Gasteiger partial charge >= 0.3 is 0 Å². The quantitative estimate of drug-likeness (QED) is 0.674. The molecular formula is C20H26N2O4S2. The third-order valence-corrected chi connectivity index (χ3v) is 7.47. The smallest absolute Gasteiger partial charge is 0.220 e. The van der Waals surface area contributed by atoms with Crippen molar-refractivity contribution in [2.45, 2.75) is 31.6 Å². The van der Waals surface area contributed by atoms with Crippen molar-refractivity contribution in [1.82, 2.24) is 9.62 Å². The molecule has 152 valence electrons. The number of sulfonamides is 1. The fraction of sp³-hybridized carbons (Fsp3) is 0.450. The van der Waals surface area contributed by atoms with Gasteiger partial charge in [-0.3, -0.25) is 4.79 Å². The predicted molar refractivity (Wildman–Crippen MR) is 111 cm³/mol. The Morgan fingerprint density at radius 1 is 1.11 bits per heavy atom. The van der Waals surface area contributed by atoms with Gasteiger partial charge in [0.2, 0.25) is 15.9 Å². The van der Waals surface area contributed by atoms with Crippen LogP contribution < -0.4 is 5.32 Å². The normalized spacial score (nSPS) is 15.4. The Morgan fingerprint density at radius 3 is 2.57 bits per heavy atom. The summed E-state index contributed by atoms with van der Waals surface area (Å²) in [5.74, 6) is -0.0698. The van der Waals surface area contributed by atoms with Gasteiger partial charge in [-0.25, -0.2) is 8.42 Å². The Labute approximate surface area is 170 Å². The van der Waals surface area contributed by atoms with E-state index >= 15 is 0 Å². The zero-order chi connectivity index (χ0) is 19.8. The molecule has 0 spiro atoms. The van der Waals surface area contributed by atoms with E-state index in [-0.39, 0.29) is 11.7 Å². The fourth-order valence-corrected chi connectivity index (χ4v) is 5.46. The van der Waals surface area contributed by atoms with Crippen LogP contribution in [0.1, 0.15) is 28.8 Å². The molecule has 1 aliphatic rings. The maximum absolute atomic E-state index is 12.7. The molecule has 0 radical (unpaired) electrons. The lowest BCUT2D eigenvalue weighted by molar-refractivity contribution is -0.121. The summed E-state index contributed by atoms with van der Waals surface area (Å²) in [4.78, 5) is 13.4. The summed E-state index contributed by atoms with van der Waals surface area (Å²) in [5.41, 5.74) is 1.57. The van der Waals surface area contributed by atoms with Crippen LogP contribution in [0.2, 0.25) is 0 Å². The summed E-state index contributed by atoms with van der Waals surface area (Å²) in [5, 5.41) is 4.96. The lowest BCUT2D eigenvalue weighted by Crippen LogP contribution is -2.41. The summed E-state index contributed by atoms with van der Waals surface area (Å²) in [6.07, 6.45) is 2.17.